The van der Waals surface area contributed by atoms with Crippen molar-refractivity contribution in [3.8, 4) is 0 Å². The van der Waals surface area contributed by atoms with Crippen LogP contribution in [0, 0.1) is 0 Å². The maximum absolute atomic E-state index is 11.7. The van der Waals surface area contributed by atoms with E-state index in [-0.39, 0.29) is 23.5 Å². The van der Waals surface area contributed by atoms with Gasteiger partial charge in [-0.3, -0.25) is 19.1 Å². The van der Waals surface area contributed by atoms with Gasteiger partial charge in [-0.15, -0.1) is 0 Å². The van der Waals surface area contributed by atoms with E-state index >= 15 is 0 Å². The molecule has 5 N–H and O–H groups in total. The van der Waals surface area contributed by atoms with Crippen molar-refractivity contribution in [3.63, 3.8) is 0 Å². The first kappa shape index (κ1) is 12.2. The van der Waals surface area contributed by atoms with Crippen molar-refractivity contribution < 1.29 is 4.79 Å². The predicted molar refractivity (Wildman–Crippen MR) is 66.4 cm³/mol. The zero-order valence-electron chi connectivity index (χ0n) is 9.95. The lowest BCUT2D eigenvalue weighted by atomic mass is 10.1. The Morgan fingerprint density at radius 1 is 1.39 bits per heavy atom. The first-order chi connectivity index (χ1) is 8.49. The molecule has 2 rings (SSSR count). The topological polar surface area (TPSA) is 122 Å². The van der Waals surface area contributed by atoms with E-state index in [0.717, 1.165) is 4.57 Å². The number of aromatic nitrogens is 2. The number of nitrogens with one attached hydrogen (secondary N) is 3. The van der Waals surface area contributed by atoms with Crippen molar-refractivity contribution in [2.45, 2.75) is 18.9 Å². The van der Waals surface area contributed by atoms with Crippen LogP contribution in [0.1, 0.15) is 12.8 Å². The molecule has 98 valence electrons. The lowest BCUT2D eigenvalue weighted by molar-refractivity contribution is -0.122. The van der Waals surface area contributed by atoms with Crippen molar-refractivity contribution in [3.05, 3.63) is 20.8 Å². The summed E-state index contributed by atoms with van der Waals surface area (Å²) in [6.45, 7) is 0.431. The van der Waals surface area contributed by atoms with Crippen LogP contribution in [0.5, 0.6) is 0 Å². The van der Waals surface area contributed by atoms with Crippen LogP contribution >= 0.6 is 0 Å². The van der Waals surface area contributed by atoms with Gasteiger partial charge in [0.1, 0.15) is 11.5 Å². The molecule has 18 heavy (non-hydrogen) atoms. The third kappa shape index (κ3) is 2.22. The highest BCUT2D eigenvalue weighted by molar-refractivity contribution is 5.77. The van der Waals surface area contributed by atoms with Crippen molar-refractivity contribution in [1.29, 1.82) is 0 Å². The molecule has 1 aliphatic heterocycles. The number of amides is 1. The van der Waals surface area contributed by atoms with Gasteiger partial charge >= 0.3 is 5.69 Å². The van der Waals surface area contributed by atoms with E-state index in [4.69, 9.17) is 5.73 Å². The van der Waals surface area contributed by atoms with Gasteiger partial charge in [0, 0.05) is 26.1 Å². The number of nitrogens with zero attached hydrogens (tertiary/aromatic N) is 1. The van der Waals surface area contributed by atoms with Gasteiger partial charge in [-0.25, -0.2) is 4.79 Å². The minimum Gasteiger partial charge on any atom is -0.383 e. The summed E-state index contributed by atoms with van der Waals surface area (Å²) in [6, 6.07) is -0.0661. The Balaban J connectivity index is 2.24. The molecule has 1 aliphatic rings. The smallest absolute Gasteiger partial charge is 0.329 e. The average molecular weight is 253 g/mol. The number of carbonyl (C=O) groups is 1. The van der Waals surface area contributed by atoms with Gasteiger partial charge in [-0.05, 0) is 6.42 Å². The number of carbonyl (C=O) groups excluding carboxylic acids is 1. The standard InChI is InChI=1S/C10H15N5O3/c1-15-8(11)7(9(17)14-10(15)18)13-5-2-3-6(16)12-4-5/h5,13H,2-4,11H2,1H3,(H,12,16)(H,14,17,18). The number of aromatic amines is 1. The highest BCUT2D eigenvalue weighted by atomic mass is 16.2. The summed E-state index contributed by atoms with van der Waals surface area (Å²) in [5, 5.41) is 5.66. The number of rotatable bonds is 2. The molecule has 0 aliphatic carbocycles. The van der Waals surface area contributed by atoms with Gasteiger partial charge in [-0.2, -0.15) is 0 Å². The van der Waals surface area contributed by atoms with Crippen LogP contribution < -0.4 is 27.6 Å². The lowest BCUT2D eigenvalue weighted by Gasteiger charge is -2.24. The monoisotopic (exact) mass is 253 g/mol. The number of nitrogen functional groups attached to an aromatic ring is 1. The molecular weight excluding hydrogens is 238 g/mol. The molecule has 1 unspecified atom stereocenters. The van der Waals surface area contributed by atoms with Gasteiger partial charge in [0.15, 0.2) is 0 Å². The number of hydrogen-bond donors (Lipinski definition) is 4. The quantitative estimate of drug-likeness (QED) is 0.503. The summed E-state index contributed by atoms with van der Waals surface area (Å²) in [5.41, 5.74) is 4.78. The zero-order chi connectivity index (χ0) is 13.3. The Labute approximate surface area is 102 Å². The maximum atomic E-state index is 11.7. The van der Waals surface area contributed by atoms with Crippen LogP contribution in [-0.2, 0) is 11.8 Å². The second-order valence-corrected chi connectivity index (χ2v) is 4.26. The fourth-order valence-electron chi connectivity index (χ4n) is 1.84. The molecule has 0 aromatic carbocycles. The summed E-state index contributed by atoms with van der Waals surface area (Å²) >= 11 is 0. The Morgan fingerprint density at radius 2 is 2.11 bits per heavy atom. The molecule has 8 nitrogen and oxygen atoms in total. The first-order valence-corrected chi connectivity index (χ1v) is 5.61. The van der Waals surface area contributed by atoms with Crippen LogP contribution in [0.3, 0.4) is 0 Å². The number of H-pyrrole nitrogens is 1. The molecule has 1 aromatic rings. The van der Waals surface area contributed by atoms with Crippen LogP contribution in [0.2, 0.25) is 0 Å². The second-order valence-electron chi connectivity index (χ2n) is 4.26. The molecule has 0 radical (unpaired) electrons. The Kier molecular flexibility index (Phi) is 3.09. The molecule has 1 aromatic heterocycles. The Morgan fingerprint density at radius 3 is 2.72 bits per heavy atom. The fourth-order valence-corrected chi connectivity index (χ4v) is 1.84. The lowest BCUT2D eigenvalue weighted by Crippen LogP contribution is -2.43. The van der Waals surface area contributed by atoms with Gasteiger partial charge < -0.3 is 16.4 Å². The number of piperidine rings is 1. The van der Waals surface area contributed by atoms with Crippen LogP contribution in [0.25, 0.3) is 0 Å². The molecule has 0 spiro atoms. The van der Waals surface area contributed by atoms with Gasteiger partial charge in [0.2, 0.25) is 5.91 Å². The third-order valence-corrected chi connectivity index (χ3v) is 2.98. The van der Waals surface area contributed by atoms with E-state index in [1.165, 1.54) is 7.05 Å². The SMILES string of the molecule is Cn1c(N)c(NC2CCC(=O)NC2)c(=O)[nH]c1=O. The van der Waals surface area contributed by atoms with Gasteiger partial charge in [0.25, 0.3) is 5.56 Å². The molecule has 1 saturated heterocycles. The fraction of sp³-hybridized carbons (Fsp3) is 0.500. The molecule has 1 atom stereocenters. The highest BCUT2D eigenvalue weighted by Gasteiger charge is 2.20. The molecule has 0 saturated carbocycles. The normalized spacial score (nSPS) is 19.4. The molecule has 8 heteroatoms. The van der Waals surface area contributed by atoms with E-state index in [1.54, 1.807) is 0 Å². The first-order valence-electron chi connectivity index (χ1n) is 5.61. The molecular formula is C10H15N5O3. The Hall–Kier alpha value is -2.25. The molecule has 2 heterocycles. The van der Waals surface area contributed by atoms with E-state index < -0.39 is 11.2 Å². The number of anilines is 2. The van der Waals surface area contributed by atoms with Crippen molar-refractivity contribution >= 4 is 17.4 Å². The summed E-state index contributed by atoms with van der Waals surface area (Å²) in [5.74, 6) is 0.0797. The maximum Gasteiger partial charge on any atom is 0.329 e. The molecule has 0 bridgehead atoms. The predicted octanol–water partition coefficient (Wildman–Crippen LogP) is -1.65. The molecule has 1 amide bonds. The minimum absolute atomic E-state index is 0.00427. The number of nitrogens with two attached hydrogens (primary N) is 1. The van der Waals surface area contributed by atoms with Crippen LogP contribution in [0.15, 0.2) is 9.59 Å². The van der Waals surface area contributed by atoms with Gasteiger partial charge in [0.05, 0.1) is 0 Å². The zero-order valence-corrected chi connectivity index (χ0v) is 9.95. The largest absolute Gasteiger partial charge is 0.383 e. The van der Waals surface area contributed by atoms with Crippen LogP contribution in [0.4, 0.5) is 11.5 Å². The minimum atomic E-state index is -0.556. The van der Waals surface area contributed by atoms with Gasteiger partial charge in [-0.1, -0.05) is 0 Å². The average Bonchev–Trinajstić information content (AvgIpc) is 2.34. The summed E-state index contributed by atoms with van der Waals surface area (Å²) in [4.78, 5) is 36.1. The second kappa shape index (κ2) is 4.55. The Bertz CT molecular complexity index is 578. The summed E-state index contributed by atoms with van der Waals surface area (Å²) < 4.78 is 1.16. The van der Waals surface area contributed by atoms with E-state index in [1.807, 2.05) is 0 Å². The van der Waals surface area contributed by atoms with Crippen LogP contribution in [-0.4, -0.2) is 28.0 Å². The van der Waals surface area contributed by atoms with Crippen molar-refractivity contribution in [2.24, 2.45) is 7.05 Å². The van der Waals surface area contributed by atoms with Crippen molar-refractivity contribution in [2.75, 3.05) is 17.6 Å². The van der Waals surface area contributed by atoms with Crippen molar-refractivity contribution in [1.82, 2.24) is 14.9 Å². The van der Waals surface area contributed by atoms with E-state index in [2.05, 4.69) is 15.6 Å². The van der Waals surface area contributed by atoms with E-state index in [9.17, 15) is 14.4 Å². The highest BCUT2D eigenvalue weighted by Crippen LogP contribution is 2.13. The third-order valence-electron chi connectivity index (χ3n) is 2.98. The number of hydrogen-bond acceptors (Lipinski definition) is 5. The summed E-state index contributed by atoms with van der Waals surface area (Å²) in [7, 11) is 1.47. The molecule has 1 fully saturated rings. The van der Waals surface area contributed by atoms with E-state index in [0.29, 0.717) is 19.4 Å². The summed E-state index contributed by atoms with van der Waals surface area (Å²) in [6.07, 6.45) is 1.02.